The van der Waals surface area contributed by atoms with E-state index < -0.39 is 0 Å². The molecule has 0 spiro atoms. The number of rotatable bonds is 20. The monoisotopic (exact) mass is 582 g/mol. The number of H-pyrrole nitrogens is 1. The molecule has 0 aliphatic carbocycles. The number of pyridine rings is 1. The SMILES string of the molecule is CCCCCCCCCCCCCCOc1ccc(CN(C(=O)CC)c2cccc(Cc3[nH]cc4cccc[n+]34)c2)cc1. The number of anilines is 1. The van der Waals surface area contributed by atoms with Gasteiger partial charge in [0.25, 0.3) is 5.82 Å². The number of imidazole rings is 1. The van der Waals surface area contributed by atoms with Crippen molar-refractivity contribution >= 4 is 17.1 Å². The number of amides is 1. The summed E-state index contributed by atoms with van der Waals surface area (Å²) < 4.78 is 8.19. The van der Waals surface area contributed by atoms with Gasteiger partial charge in [-0.25, -0.2) is 4.98 Å². The summed E-state index contributed by atoms with van der Waals surface area (Å²) in [5, 5.41) is 0. The third-order valence-electron chi connectivity index (χ3n) is 8.30. The standard InChI is InChI=1S/C38H51N3O2/c1-3-5-6-7-8-9-10-11-12-13-14-17-27-43-36-24-22-32(23-25-36)31-41(38(42)4-2)34-21-18-19-33(28-34)29-37-39-30-35-20-15-16-26-40(35)37/h15-16,18-26,28,30H,3-14,17,27,29,31H2,1-2H3/p+1. The number of unbranched alkanes of at least 4 members (excludes halogenated alkanes) is 11. The van der Waals surface area contributed by atoms with E-state index in [0.29, 0.717) is 13.0 Å². The fraction of sp³-hybridized carbons (Fsp3) is 0.474. The number of hydrogen-bond donors (Lipinski definition) is 1. The Kier molecular flexibility index (Phi) is 13.6. The van der Waals surface area contributed by atoms with Crippen molar-refractivity contribution in [3.8, 4) is 5.75 Å². The predicted molar refractivity (Wildman–Crippen MR) is 178 cm³/mol. The molecule has 0 aliphatic heterocycles. The van der Waals surface area contributed by atoms with E-state index in [1.165, 1.54) is 70.6 Å². The highest BCUT2D eigenvalue weighted by Crippen LogP contribution is 2.23. The molecule has 0 bridgehead atoms. The molecule has 4 rings (SSSR count). The quantitative estimate of drug-likeness (QED) is 0.0834. The maximum absolute atomic E-state index is 13.0. The number of fused-ring (bicyclic) bond motifs is 1. The number of nitrogens with zero attached hydrogens (tertiary/aromatic N) is 2. The van der Waals surface area contributed by atoms with E-state index in [-0.39, 0.29) is 5.91 Å². The molecular weight excluding hydrogens is 530 g/mol. The van der Waals surface area contributed by atoms with Crippen molar-refractivity contribution in [3.05, 3.63) is 96.1 Å². The molecule has 0 saturated heterocycles. The van der Waals surface area contributed by atoms with Gasteiger partial charge in [-0.05, 0) is 53.9 Å². The minimum Gasteiger partial charge on any atom is -0.494 e. The minimum atomic E-state index is 0.115. The fourth-order valence-electron chi connectivity index (χ4n) is 5.73. The lowest BCUT2D eigenvalue weighted by atomic mass is 10.1. The second-order valence-electron chi connectivity index (χ2n) is 11.8. The molecule has 1 amide bonds. The lowest BCUT2D eigenvalue weighted by Crippen LogP contribution is -2.29. The van der Waals surface area contributed by atoms with Gasteiger partial charge < -0.3 is 9.64 Å². The smallest absolute Gasteiger partial charge is 0.263 e. The molecule has 0 saturated carbocycles. The van der Waals surface area contributed by atoms with E-state index in [2.05, 4.69) is 52.8 Å². The number of aromatic nitrogens is 2. The molecule has 0 atom stereocenters. The van der Waals surface area contributed by atoms with Crippen LogP contribution in [0, 0.1) is 0 Å². The molecule has 0 aliphatic rings. The zero-order valence-electron chi connectivity index (χ0n) is 26.5. The number of ether oxygens (including phenoxy) is 1. The van der Waals surface area contributed by atoms with Gasteiger partial charge in [0.1, 0.15) is 11.9 Å². The van der Waals surface area contributed by atoms with Crippen LogP contribution in [-0.4, -0.2) is 17.5 Å². The first-order chi connectivity index (χ1) is 21.2. The Morgan fingerprint density at radius 3 is 2.16 bits per heavy atom. The van der Waals surface area contributed by atoms with Crippen LogP contribution in [0.3, 0.4) is 0 Å². The average Bonchev–Trinajstić information content (AvgIpc) is 3.45. The summed E-state index contributed by atoms with van der Waals surface area (Å²) in [5.74, 6) is 2.13. The van der Waals surface area contributed by atoms with Crippen molar-refractivity contribution in [1.29, 1.82) is 0 Å². The number of aromatic amines is 1. The average molecular weight is 583 g/mol. The van der Waals surface area contributed by atoms with Gasteiger partial charge in [-0.15, -0.1) is 0 Å². The summed E-state index contributed by atoms with van der Waals surface area (Å²) in [6.45, 7) is 5.50. The van der Waals surface area contributed by atoms with E-state index in [4.69, 9.17) is 4.74 Å². The van der Waals surface area contributed by atoms with Crippen molar-refractivity contribution < 1.29 is 13.9 Å². The Morgan fingerprint density at radius 1 is 0.767 bits per heavy atom. The Hall–Kier alpha value is -3.60. The summed E-state index contributed by atoms with van der Waals surface area (Å²) in [7, 11) is 0. The fourth-order valence-corrected chi connectivity index (χ4v) is 5.73. The van der Waals surface area contributed by atoms with Crippen LogP contribution in [-0.2, 0) is 17.8 Å². The summed E-state index contributed by atoms with van der Waals surface area (Å²) in [6, 6.07) is 22.7. The zero-order chi connectivity index (χ0) is 30.1. The van der Waals surface area contributed by atoms with Crippen molar-refractivity contribution in [1.82, 2.24) is 4.98 Å². The molecule has 230 valence electrons. The normalized spacial score (nSPS) is 11.2. The van der Waals surface area contributed by atoms with E-state index in [1.54, 1.807) is 0 Å². The van der Waals surface area contributed by atoms with E-state index in [9.17, 15) is 4.79 Å². The van der Waals surface area contributed by atoms with Crippen LogP contribution >= 0.6 is 0 Å². The van der Waals surface area contributed by atoms with Gasteiger partial charge in [-0.2, -0.15) is 4.40 Å². The second kappa shape index (κ2) is 18.1. The number of hydrogen-bond acceptors (Lipinski definition) is 2. The molecule has 5 heteroatoms. The number of benzene rings is 2. The van der Waals surface area contributed by atoms with Crippen molar-refractivity contribution in [3.63, 3.8) is 0 Å². The number of nitrogens with one attached hydrogen (secondary N) is 1. The molecule has 0 fully saturated rings. The highest BCUT2D eigenvalue weighted by molar-refractivity contribution is 5.93. The van der Waals surface area contributed by atoms with Crippen LogP contribution in [0.4, 0.5) is 5.69 Å². The highest BCUT2D eigenvalue weighted by atomic mass is 16.5. The molecule has 4 aromatic rings. The molecule has 1 N–H and O–H groups in total. The minimum absolute atomic E-state index is 0.115. The third kappa shape index (κ3) is 10.6. The predicted octanol–water partition coefficient (Wildman–Crippen LogP) is 9.37. The molecule has 0 unspecified atom stereocenters. The maximum atomic E-state index is 13.0. The summed E-state index contributed by atoms with van der Waals surface area (Å²) in [6.07, 6.45) is 21.5. The number of carbonyl (C=O) groups is 1. The Bertz CT molecular complexity index is 1360. The zero-order valence-corrected chi connectivity index (χ0v) is 26.5. The Morgan fingerprint density at radius 2 is 1.47 bits per heavy atom. The van der Waals surface area contributed by atoms with E-state index in [0.717, 1.165) is 53.4 Å². The van der Waals surface area contributed by atoms with Crippen LogP contribution in [0.25, 0.3) is 5.52 Å². The molecule has 43 heavy (non-hydrogen) atoms. The number of carbonyl (C=O) groups excluding carboxylic acids is 1. The first kappa shape index (κ1) is 32.3. The Labute approximate surface area is 259 Å². The van der Waals surface area contributed by atoms with E-state index >= 15 is 0 Å². The second-order valence-corrected chi connectivity index (χ2v) is 11.8. The molecule has 2 aromatic carbocycles. The van der Waals surface area contributed by atoms with Gasteiger partial charge in [0.15, 0.2) is 5.52 Å². The van der Waals surface area contributed by atoms with E-state index in [1.807, 2.05) is 54.4 Å². The lowest BCUT2D eigenvalue weighted by molar-refractivity contribution is -0.520. The topological polar surface area (TPSA) is 49.4 Å². The van der Waals surface area contributed by atoms with Crippen LogP contribution in [0.1, 0.15) is 114 Å². The first-order valence-corrected chi connectivity index (χ1v) is 16.8. The van der Waals surface area contributed by atoms with Gasteiger partial charge in [-0.3, -0.25) is 4.79 Å². The summed E-state index contributed by atoms with van der Waals surface area (Å²) in [4.78, 5) is 18.3. The van der Waals surface area contributed by atoms with Crippen LogP contribution < -0.4 is 14.0 Å². The van der Waals surface area contributed by atoms with Gasteiger partial charge in [0.2, 0.25) is 5.91 Å². The van der Waals surface area contributed by atoms with Crippen molar-refractivity contribution in [2.45, 2.75) is 110 Å². The van der Waals surface area contributed by atoms with Gasteiger partial charge in [0, 0.05) is 12.1 Å². The maximum Gasteiger partial charge on any atom is 0.263 e. The Balaban J connectivity index is 1.21. The summed E-state index contributed by atoms with van der Waals surface area (Å²) in [5.41, 5.74) is 4.32. The molecule has 5 nitrogen and oxygen atoms in total. The first-order valence-electron chi connectivity index (χ1n) is 16.8. The van der Waals surface area contributed by atoms with Gasteiger partial charge >= 0.3 is 0 Å². The molecule has 0 radical (unpaired) electrons. The highest BCUT2D eigenvalue weighted by Gasteiger charge is 2.17. The van der Waals surface area contributed by atoms with Crippen LogP contribution in [0.15, 0.2) is 79.1 Å². The lowest BCUT2D eigenvalue weighted by Gasteiger charge is -2.23. The molecular formula is C38H52N3O2+. The largest absolute Gasteiger partial charge is 0.494 e. The molecule has 2 heterocycles. The van der Waals surface area contributed by atoms with Gasteiger partial charge in [-0.1, -0.05) is 115 Å². The summed E-state index contributed by atoms with van der Waals surface area (Å²) >= 11 is 0. The van der Waals surface area contributed by atoms with Crippen molar-refractivity contribution in [2.75, 3.05) is 11.5 Å². The third-order valence-corrected chi connectivity index (χ3v) is 8.30. The van der Waals surface area contributed by atoms with Crippen LogP contribution in [0.2, 0.25) is 0 Å². The molecule has 2 aromatic heterocycles. The van der Waals surface area contributed by atoms with Crippen LogP contribution in [0.5, 0.6) is 5.75 Å². The van der Waals surface area contributed by atoms with Gasteiger partial charge in [0.05, 0.1) is 25.8 Å². The van der Waals surface area contributed by atoms with Crippen molar-refractivity contribution in [2.24, 2.45) is 0 Å².